The Bertz CT molecular complexity index is 680. The SMILES string of the molecule is COC(=O)Oc1nc2ccccc2n(CCCO)c1=O. The summed E-state index contributed by atoms with van der Waals surface area (Å²) in [7, 11) is 1.15. The highest BCUT2D eigenvalue weighted by atomic mass is 16.7. The van der Waals surface area contributed by atoms with Gasteiger partial charge >= 0.3 is 11.7 Å². The number of rotatable bonds is 4. The highest BCUT2D eigenvalue weighted by molar-refractivity contribution is 5.75. The van der Waals surface area contributed by atoms with Gasteiger partial charge < -0.3 is 19.1 Å². The number of ether oxygens (including phenoxy) is 2. The molecule has 1 heterocycles. The minimum Gasteiger partial charge on any atom is -0.437 e. The molecule has 1 aromatic heterocycles. The van der Waals surface area contributed by atoms with Crippen LogP contribution in [0.15, 0.2) is 29.1 Å². The van der Waals surface area contributed by atoms with E-state index in [1.165, 1.54) is 4.57 Å². The molecule has 0 spiro atoms. The number of aliphatic hydroxyl groups excluding tert-OH is 1. The first-order chi connectivity index (χ1) is 9.67. The fourth-order valence-electron chi connectivity index (χ4n) is 1.81. The summed E-state index contributed by atoms with van der Waals surface area (Å²) < 4.78 is 10.5. The van der Waals surface area contributed by atoms with Gasteiger partial charge in [0.15, 0.2) is 0 Å². The lowest BCUT2D eigenvalue weighted by Crippen LogP contribution is -2.26. The molecule has 106 valence electrons. The summed E-state index contributed by atoms with van der Waals surface area (Å²) in [5.41, 5.74) is 0.592. The highest BCUT2D eigenvalue weighted by Gasteiger charge is 2.15. The molecule has 20 heavy (non-hydrogen) atoms. The predicted molar refractivity (Wildman–Crippen MR) is 70.7 cm³/mol. The molecule has 0 aliphatic rings. The molecule has 1 aromatic carbocycles. The lowest BCUT2D eigenvalue weighted by Gasteiger charge is -2.11. The molecular weight excluding hydrogens is 264 g/mol. The number of hydrogen-bond donors (Lipinski definition) is 1. The lowest BCUT2D eigenvalue weighted by atomic mass is 10.3. The fraction of sp³-hybridized carbons (Fsp3) is 0.308. The van der Waals surface area contributed by atoms with Crippen LogP contribution in [-0.4, -0.2) is 34.5 Å². The lowest BCUT2D eigenvalue weighted by molar-refractivity contribution is 0.119. The Morgan fingerprint density at radius 1 is 1.40 bits per heavy atom. The van der Waals surface area contributed by atoms with Gasteiger partial charge in [-0.2, -0.15) is 0 Å². The average molecular weight is 278 g/mol. The van der Waals surface area contributed by atoms with E-state index in [0.717, 1.165) is 7.11 Å². The zero-order valence-electron chi connectivity index (χ0n) is 10.9. The van der Waals surface area contributed by atoms with E-state index in [9.17, 15) is 9.59 Å². The van der Waals surface area contributed by atoms with Crippen molar-refractivity contribution in [2.75, 3.05) is 13.7 Å². The van der Waals surface area contributed by atoms with Gasteiger partial charge in [-0.05, 0) is 18.6 Å². The molecule has 0 aliphatic carbocycles. The number of fused-ring (bicyclic) bond motifs is 1. The second kappa shape index (κ2) is 6.16. The van der Waals surface area contributed by atoms with Crippen LogP contribution in [0.25, 0.3) is 11.0 Å². The number of aromatic nitrogens is 2. The summed E-state index contributed by atoms with van der Waals surface area (Å²) in [5.74, 6) is -0.339. The van der Waals surface area contributed by atoms with Crippen molar-refractivity contribution in [3.8, 4) is 5.88 Å². The van der Waals surface area contributed by atoms with Crippen LogP contribution in [0, 0.1) is 0 Å². The Labute approximate surface area is 114 Å². The van der Waals surface area contributed by atoms with Crippen LogP contribution in [0.5, 0.6) is 5.88 Å². The first-order valence-corrected chi connectivity index (χ1v) is 6.03. The fourth-order valence-corrected chi connectivity index (χ4v) is 1.81. The minimum absolute atomic E-state index is 0.0454. The topological polar surface area (TPSA) is 90.7 Å². The van der Waals surface area contributed by atoms with Crippen LogP contribution in [-0.2, 0) is 11.3 Å². The normalized spacial score (nSPS) is 10.5. The zero-order chi connectivity index (χ0) is 14.5. The number of aryl methyl sites for hydroxylation is 1. The molecule has 7 nitrogen and oxygen atoms in total. The van der Waals surface area contributed by atoms with Gasteiger partial charge in [-0.3, -0.25) is 4.79 Å². The summed E-state index contributed by atoms with van der Waals surface area (Å²) >= 11 is 0. The van der Waals surface area contributed by atoms with Gasteiger partial charge in [0.2, 0.25) is 0 Å². The second-order valence-electron chi connectivity index (χ2n) is 4.00. The number of carbonyl (C=O) groups excluding carboxylic acids is 1. The Morgan fingerprint density at radius 3 is 2.85 bits per heavy atom. The molecule has 0 unspecified atom stereocenters. The quantitative estimate of drug-likeness (QED) is 0.836. The number of nitrogens with zero attached hydrogens (tertiary/aromatic N) is 2. The standard InChI is InChI=1S/C13H14N2O5/c1-19-13(18)20-11-12(17)15(7-4-8-16)10-6-3-2-5-9(10)14-11/h2-3,5-6,16H,4,7-8H2,1H3. The average Bonchev–Trinajstić information content (AvgIpc) is 2.47. The molecule has 2 aromatic rings. The molecule has 0 saturated heterocycles. The van der Waals surface area contributed by atoms with Crippen LogP contribution < -0.4 is 10.3 Å². The Morgan fingerprint density at radius 2 is 2.15 bits per heavy atom. The summed E-state index contributed by atoms with van der Waals surface area (Å²) in [4.78, 5) is 27.4. The highest BCUT2D eigenvalue weighted by Crippen LogP contribution is 2.13. The van der Waals surface area contributed by atoms with E-state index >= 15 is 0 Å². The summed E-state index contributed by atoms with van der Waals surface area (Å²) in [6, 6.07) is 6.98. The first kappa shape index (κ1) is 14.0. The maximum atomic E-state index is 12.2. The van der Waals surface area contributed by atoms with E-state index in [2.05, 4.69) is 9.72 Å². The first-order valence-electron chi connectivity index (χ1n) is 6.03. The van der Waals surface area contributed by atoms with Crippen molar-refractivity contribution in [1.82, 2.24) is 9.55 Å². The molecule has 0 saturated carbocycles. The number of methoxy groups -OCH3 is 1. The monoisotopic (exact) mass is 278 g/mol. The molecule has 1 N–H and O–H groups in total. The van der Waals surface area contributed by atoms with Crippen LogP contribution >= 0.6 is 0 Å². The number of carbonyl (C=O) groups is 1. The van der Waals surface area contributed by atoms with E-state index in [4.69, 9.17) is 9.84 Å². The molecule has 0 fully saturated rings. The molecule has 0 bridgehead atoms. The minimum atomic E-state index is -1.00. The van der Waals surface area contributed by atoms with Crippen molar-refractivity contribution >= 4 is 17.2 Å². The molecule has 0 atom stereocenters. The smallest absolute Gasteiger partial charge is 0.437 e. The maximum Gasteiger partial charge on any atom is 0.515 e. The molecule has 0 aliphatic heterocycles. The van der Waals surface area contributed by atoms with Crippen molar-refractivity contribution in [2.45, 2.75) is 13.0 Å². The summed E-state index contributed by atoms with van der Waals surface area (Å²) in [5, 5.41) is 8.91. The molecular formula is C13H14N2O5. The predicted octanol–water partition coefficient (Wildman–Crippen LogP) is 0.924. The van der Waals surface area contributed by atoms with Gasteiger partial charge in [-0.25, -0.2) is 9.78 Å². The van der Waals surface area contributed by atoms with Crippen molar-refractivity contribution in [3.63, 3.8) is 0 Å². The third-order valence-electron chi connectivity index (χ3n) is 2.71. The third kappa shape index (κ3) is 2.77. The van der Waals surface area contributed by atoms with E-state index in [0.29, 0.717) is 24.0 Å². The molecule has 0 amide bonds. The Hall–Kier alpha value is -2.41. The zero-order valence-corrected chi connectivity index (χ0v) is 10.9. The van der Waals surface area contributed by atoms with E-state index in [-0.39, 0.29) is 12.5 Å². The van der Waals surface area contributed by atoms with Crippen LogP contribution in [0.2, 0.25) is 0 Å². The second-order valence-corrected chi connectivity index (χ2v) is 4.00. The third-order valence-corrected chi connectivity index (χ3v) is 2.71. The molecule has 2 rings (SSSR count). The van der Waals surface area contributed by atoms with E-state index in [1.807, 2.05) is 0 Å². The van der Waals surface area contributed by atoms with Crippen LogP contribution in [0.1, 0.15) is 6.42 Å². The summed E-state index contributed by atoms with van der Waals surface area (Å²) in [6.45, 7) is 0.256. The van der Waals surface area contributed by atoms with Gasteiger partial charge in [0.1, 0.15) is 0 Å². The van der Waals surface area contributed by atoms with Gasteiger partial charge in [0.25, 0.3) is 5.88 Å². The van der Waals surface area contributed by atoms with Crippen molar-refractivity contribution < 1.29 is 19.4 Å². The van der Waals surface area contributed by atoms with Crippen molar-refractivity contribution in [1.29, 1.82) is 0 Å². The number of hydrogen-bond acceptors (Lipinski definition) is 6. The van der Waals surface area contributed by atoms with Gasteiger partial charge in [-0.1, -0.05) is 12.1 Å². The Kier molecular flexibility index (Phi) is 4.31. The molecule has 7 heteroatoms. The number of benzene rings is 1. The van der Waals surface area contributed by atoms with Gasteiger partial charge in [0.05, 0.1) is 18.1 Å². The Balaban J connectivity index is 2.56. The number of aliphatic hydroxyl groups is 1. The number of para-hydroxylation sites is 2. The van der Waals surface area contributed by atoms with Crippen LogP contribution in [0.4, 0.5) is 4.79 Å². The van der Waals surface area contributed by atoms with Crippen molar-refractivity contribution in [3.05, 3.63) is 34.6 Å². The van der Waals surface area contributed by atoms with E-state index < -0.39 is 11.7 Å². The largest absolute Gasteiger partial charge is 0.515 e. The summed E-state index contributed by atoms with van der Waals surface area (Å²) in [6.07, 6.45) is -0.593. The van der Waals surface area contributed by atoms with Gasteiger partial charge in [0, 0.05) is 13.2 Å². The van der Waals surface area contributed by atoms with Crippen LogP contribution in [0.3, 0.4) is 0 Å². The van der Waals surface area contributed by atoms with E-state index in [1.54, 1.807) is 24.3 Å². The van der Waals surface area contributed by atoms with Gasteiger partial charge in [-0.15, -0.1) is 0 Å². The maximum absolute atomic E-state index is 12.2. The van der Waals surface area contributed by atoms with Crippen molar-refractivity contribution in [2.24, 2.45) is 0 Å². The molecule has 0 radical (unpaired) electrons.